The van der Waals surface area contributed by atoms with Gasteiger partial charge in [-0.25, -0.2) is 18.6 Å². The van der Waals surface area contributed by atoms with Crippen LogP contribution in [-0.4, -0.2) is 39.4 Å². The lowest BCUT2D eigenvalue weighted by Gasteiger charge is -2.51. The van der Waals surface area contributed by atoms with Crippen molar-refractivity contribution in [2.75, 3.05) is 7.11 Å². The number of hydrogen-bond donors (Lipinski definition) is 4. The number of carbonyl (C=O) groups excluding carboxylic acids is 1. The van der Waals surface area contributed by atoms with E-state index in [1.54, 1.807) is 0 Å². The molecule has 2 bridgehead atoms. The largest absolute Gasteiger partial charge is 0.497 e. The first-order valence-electron chi connectivity index (χ1n) is 11.6. The number of urea groups is 1. The highest BCUT2D eigenvalue weighted by molar-refractivity contribution is 5.77. The topological polar surface area (TPSA) is 99.3 Å². The van der Waals surface area contributed by atoms with Crippen LogP contribution >= 0.6 is 0 Å². The van der Waals surface area contributed by atoms with Gasteiger partial charge in [0, 0.05) is 29.7 Å². The first-order valence-corrected chi connectivity index (χ1v) is 11.6. The number of carbonyl (C=O) groups is 1. The maximum absolute atomic E-state index is 14.7. The summed E-state index contributed by atoms with van der Waals surface area (Å²) in [7, 11) is 1.34. The van der Waals surface area contributed by atoms with Crippen LogP contribution in [0.2, 0.25) is 0 Å². The quantitative estimate of drug-likeness (QED) is 0.432. The summed E-state index contributed by atoms with van der Waals surface area (Å²) in [6, 6.07) is 8.40. The molecule has 1 atom stereocenters. The molecule has 3 fully saturated rings. The molecule has 3 aliphatic rings. The van der Waals surface area contributed by atoms with Crippen molar-refractivity contribution >= 4 is 17.1 Å². The van der Waals surface area contributed by atoms with Crippen molar-refractivity contribution < 1.29 is 23.4 Å². The van der Waals surface area contributed by atoms with E-state index >= 15 is 0 Å². The van der Waals surface area contributed by atoms with E-state index in [0.29, 0.717) is 49.9 Å². The molecule has 0 spiro atoms. The number of H-pyrrole nitrogens is 1. The molecule has 9 heteroatoms. The lowest BCUT2D eigenvalue weighted by Crippen LogP contribution is -2.60. The molecule has 0 aliphatic heterocycles. The van der Waals surface area contributed by atoms with Crippen LogP contribution in [-0.2, 0) is 6.42 Å². The number of para-hydroxylation sites is 2. The van der Waals surface area contributed by atoms with Crippen molar-refractivity contribution in [2.45, 2.75) is 62.1 Å². The monoisotopic (exact) mass is 470 g/mol. The molecule has 3 aromatic rings. The van der Waals surface area contributed by atoms with Gasteiger partial charge in [0.2, 0.25) is 0 Å². The molecule has 1 heterocycles. The lowest BCUT2D eigenvalue weighted by molar-refractivity contribution is -0.0694. The van der Waals surface area contributed by atoms with E-state index in [9.17, 15) is 18.7 Å². The van der Waals surface area contributed by atoms with Crippen molar-refractivity contribution in [3.8, 4) is 5.75 Å². The van der Waals surface area contributed by atoms with E-state index in [0.717, 1.165) is 17.6 Å². The Labute approximate surface area is 195 Å². The van der Waals surface area contributed by atoms with Gasteiger partial charge in [-0.3, -0.25) is 0 Å². The molecule has 1 aromatic heterocycles. The summed E-state index contributed by atoms with van der Waals surface area (Å²) >= 11 is 0. The van der Waals surface area contributed by atoms with Crippen LogP contribution in [0.15, 0.2) is 36.4 Å². The number of aromatic nitrogens is 2. The highest BCUT2D eigenvalue weighted by Gasteiger charge is 2.48. The number of imidazole rings is 1. The molecule has 0 radical (unpaired) electrons. The number of methoxy groups -OCH3 is 1. The Kier molecular flexibility index (Phi) is 5.67. The Hall–Kier alpha value is -3.20. The Morgan fingerprint density at radius 2 is 1.79 bits per heavy atom. The second-order valence-corrected chi connectivity index (χ2v) is 9.57. The minimum atomic E-state index is -0.801. The van der Waals surface area contributed by atoms with Crippen LogP contribution in [0.3, 0.4) is 0 Å². The number of nitrogens with one attached hydrogen (secondary N) is 3. The second kappa shape index (κ2) is 8.54. The van der Waals surface area contributed by atoms with Crippen LogP contribution in [0.5, 0.6) is 5.75 Å². The standard InChI is InChI=1S/C25H28F2N4O3/c1-34-15-12-17(26)16(18(27)13-15)14-21(22-28-19-4-2-3-5-20(19)29-22)30-23(32)31-24-6-9-25(33,10-7-24)11-8-24/h2-5,12-13,21,33H,6-11,14H2,1H3,(H,28,29)(H2,30,31,32)/t21-,24?,25?/m1/s1. The predicted molar refractivity (Wildman–Crippen MR) is 122 cm³/mol. The SMILES string of the molecule is COc1cc(F)c(C[C@@H](NC(=O)NC23CCC(O)(CC2)CC3)c2nc3ccccc3[nH]2)c(F)c1. The van der Waals surface area contributed by atoms with E-state index in [-0.39, 0.29) is 23.3 Å². The van der Waals surface area contributed by atoms with Gasteiger partial charge in [-0.05, 0) is 50.7 Å². The van der Waals surface area contributed by atoms with Gasteiger partial charge in [-0.15, -0.1) is 0 Å². The Bertz CT molecular complexity index is 1150. The molecule has 2 aromatic carbocycles. The highest BCUT2D eigenvalue weighted by atomic mass is 19.1. The maximum atomic E-state index is 14.7. The zero-order valence-electron chi connectivity index (χ0n) is 19.0. The van der Waals surface area contributed by atoms with Crippen LogP contribution in [0.4, 0.5) is 13.6 Å². The number of hydrogen-bond acceptors (Lipinski definition) is 4. The summed E-state index contributed by atoms with van der Waals surface area (Å²) in [6.07, 6.45) is 3.94. The summed E-state index contributed by atoms with van der Waals surface area (Å²) in [5.41, 5.74) is 0.310. The minimum Gasteiger partial charge on any atom is -0.497 e. The first kappa shape index (κ1) is 22.6. The van der Waals surface area contributed by atoms with Crippen LogP contribution in [0.1, 0.15) is 56.0 Å². The van der Waals surface area contributed by atoms with Gasteiger partial charge in [0.25, 0.3) is 0 Å². The van der Waals surface area contributed by atoms with E-state index in [2.05, 4.69) is 20.6 Å². The minimum absolute atomic E-state index is 0.0818. The smallest absolute Gasteiger partial charge is 0.315 e. The van der Waals surface area contributed by atoms with Gasteiger partial charge in [-0.2, -0.15) is 0 Å². The third-order valence-corrected chi connectivity index (χ3v) is 7.39. The third-order valence-electron chi connectivity index (χ3n) is 7.39. The molecule has 2 amide bonds. The number of rotatable bonds is 6. The Morgan fingerprint density at radius 3 is 2.41 bits per heavy atom. The first-order chi connectivity index (χ1) is 16.3. The van der Waals surface area contributed by atoms with Crippen molar-refractivity contribution in [3.63, 3.8) is 0 Å². The molecule has 3 aliphatic carbocycles. The average Bonchev–Trinajstić information content (AvgIpc) is 3.26. The number of aromatic amines is 1. The molecular formula is C25H28F2N4O3. The number of ether oxygens (including phenoxy) is 1. The maximum Gasteiger partial charge on any atom is 0.315 e. The van der Waals surface area contributed by atoms with Crippen LogP contribution < -0.4 is 15.4 Å². The Balaban J connectivity index is 1.41. The van der Waals surface area contributed by atoms with Gasteiger partial charge in [0.1, 0.15) is 23.2 Å². The third kappa shape index (κ3) is 4.32. The molecule has 4 N–H and O–H groups in total. The highest BCUT2D eigenvalue weighted by Crippen LogP contribution is 2.46. The van der Waals surface area contributed by atoms with Crippen molar-refractivity contribution in [1.29, 1.82) is 0 Å². The van der Waals surface area contributed by atoms with Gasteiger partial charge < -0.3 is 25.5 Å². The van der Waals surface area contributed by atoms with E-state index in [4.69, 9.17) is 4.74 Å². The summed E-state index contributed by atoms with van der Waals surface area (Å²) in [6.45, 7) is 0. The summed E-state index contributed by atoms with van der Waals surface area (Å²) < 4.78 is 34.4. The number of benzene rings is 2. The van der Waals surface area contributed by atoms with E-state index < -0.39 is 29.3 Å². The zero-order valence-corrected chi connectivity index (χ0v) is 19.0. The fraction of sp³-hybridized carbons (Fsp3) is 0.440. The molecular weight excluding hydrogens is 442 g/mol. The van der Waals surface area contributed by atoms with Crippen LogP contribution in [0, 0.1) is 11.6 Å². The number of aliphatic hydroxyl groups is 1. The average molecular weight is 471 g/mol. The molecule has 7 nitrogen and oxygen atoms in total. The summed E-state index contributed by atoms with van der Waals surface area (Å²) in [4.78, 5) is 20.8. The number of amides is 2. The summed E-state index contributed by atoms with van der Waals surface area (Å²) in [5, 5.41) is 16.4. The number of halogens is 2. The van der Waals surface area contributed by atoms with E-state index in [1.165, 1.54) is 7.11 Å². The Morgan fingerprint density at radius 1 is 1.15 bits per heavy atom. The second-order valence-electron chi connectivity index (χ2n) is 9.57. The predicted octanol–water partition coefficient (Wildman–Crippen LogP) is 4.27. The lowest BCUT2D eigenvalue weighted by atomic mass is 9.63. The molecule has 3 saturated carbocycles. The fourth-order valence-electron chi connectivity index (χ4n) is 5.24. The number of fused-ring (bicyclic) bond motifs is 4. The molecule has 34 heavy (non-hydrogen) atoms. The van der Waals surface area contributed by atoms with Crippen molar-refractivity contribution in [1.82, 2.24) is 20.6 Å². The fourth-order valence-corrected chi connectivity index (χ4v) is 5.24. The zero-order chi connectivity index (χ0) is 23.9. The molecule has 0 saturated heterocycles. The molecule has 180 valence electrons. The molecule has 0 unspecified atom stereocenters. The number of nitrogens with zero attached hydrogens (tertiary/aromatic N) is 1. The van der Waals surface area contributed by atoms with Gasteiger partial charge in [-0.1, -0.05) is 12.1 Å². The summed E-state index contributed by atoms with van der Waals surface area (Å²) in [5.74, 6) is -1.02. The van der Waals surface area contributed by atoms with Gasteiger partial charge in [0.15, 0.2) is 0 Å². The normalized spacial score (nSPS) is 24.7. The molecule has 6 rings (SSSR count). The van der Waals surface area contributed by atoms with Gasteiger partial charge in [0.05, 0.1) is 29.8 Å². The van der Waals surface area contributed by atoms with Gasteiger partial charge >= 0.3 is 6.03 Å². The van der Waals surface area contributed by atoms with Crippen molar-refractivity contribution in [2.24, 2.45) is 0 Å². The van der Waals surface area contributed by atoms with Crippen molar-refractivity contribution in [3.05, 3.63) is 59.4 Å². The van der Waals surface area contributed by atoms with Crippen LogP contribution in [0.25, 0.3) is 11.0 Å². The van der Waals surface area contributed by atoms with E-state index in [1.807, 2.05) is 24.3 Å².